The lowest BCUT2D eigenvalue weighted by molar-refractivity contribution is 0.0950. The van der Waals surface area contributed by atoms with Gasteiger partial charge in [0.2, 0.25) is 0 Å². The Kier molecular flexibility index (Phi) is 6.04. The van der Waals surface area contributed by atoms with Crippen molar-refractivity contribution < 1.29 is 9.53 Å². The van der Waals surface area contributed by atoms with Crippen LogP contribution in [0.25, 0.3) is 0 Å². The number of aryl methyl sites for hydroxylation is 2. The molecule has 0 unspecified atom stereocenters. The first-order chi connectivity index (χ1) is 12.9. The van der Waals surface area contributed by atoms with Gasteiger partial charge in [-0.2, -0.15) is 5.10 Å². The summed E-state index contributed by atoms with van der Waals surface area (Å²) in [5.74, 6) is 0.381. The lowest BCUT2D eigenvalue weighted by Crippen LogP contribution is -2.23. The van der Waals surface area contributed by atoms with E-state index >= 15 is 0 Å². The van der Waals surface area contributed by atoms with Crippen LogP contribution in [-0.4, -0.2) is 15.7 Å². The minimum atomic E-state index is -0.162. The number of carbonyl (C=O) groups is 1. The first kappa shape index (κ1) is 19.3. The molecule has 1 amide bonds. The third kappa shape index (κ3) is 5.02. The zero-order valence-corrected chi connectivity index (χ0v) is 16.5. The van der Waals surface area contributed by atoms with E-state index in [0.29, 0.717) is 34.5 Å². The molecular formula is C20H19Cl2N3O2. The Morgan fingerprint density at radius 1 is 1.19 bits per heavy atom. The highest BCUT2D eigenvalue weighted by Gasteiger charge is 2.09. The van der Waals surface area contributed by atoms with Crippen molar-refractivity contribution in [1.82, 2.24) is 15.1 Å². The van der Waals surface area contributed by atoms with Crippen molar-refractivity contribution >= 4 is 29.1 Å². The molecular weight excluding hydrogens is 385 g/mol. The van der Waals surface area contributed by atoms with Crippen LogP contribution in [0.3, 0.4) is 0 Å². The quantitative estimate of drug-likeness (QED) is 0.656. The minimum absolute atomic E-state index is 0.162. The molecule has 0 fully saturated rings. The largest absolute Gasteiger partial charge is 0.487 e. The number of nitrogens with zero attached hydrogens (tertiary/aromatic N) is 2. The van der Waals surface area contributed by atoms with E-state index in [1.807, 2.05) is 32.2 Å². The second-order valence-electron chi connectivity index (χ2n) is 6.15. The molecule has 27 heavy (non-hydrogen) atoms. The summed E-state index contributed by atoms with van der Waals surface area (Å²) in [7, 11) is 1.87. The fourth-order valence-electron chi connectivity index (χ4n) is 2.55. The van der Waals surface area contributed by atoms with Crippen LogP contribution in [0.1, 0.15) is 27.3 Å². The first-order valence-electron chi connectivity index (χ1n) is 8.37. The standard InChI is InChI=1S/C20H19Cl2N3O2/c1-13-8-17(24-25(13)2)11-23-20(26)15-5-3-4-14(9-15)12-27-19-7-6-16(21)10-18(19)22/h3-10H,11-12H2,1-2H3,(H,23,26). The smallest absolute Gasteiger partial charge is 0.251 e. The third-order valence-electron chi connectivity index (χ3n) is 4.07. The molecule has 0 spiro atoms. The van der Waals surface area contributed by atoms with Crippen molar-refractivity contribution in [3.8, 4) is 5.75 Å². The van der Waals surface area contributed by atoms with Gasteiger partial charge in [0, 0.05) is 23.3 Å². The van der Waals surface area contributed by atoms with Gasteiger partial charge >= 0.3 is 0 Å². The molecule has 0 atom stereocenters. The predicted molar refractivity (Wildman–Crippen MR) is 106 cm³/mol. The number of aromatic nitrogens is 2. The molecule has 3 rings (SSSR count). The summed E-state index contributed by atoms with van der Waals surface area (Å²) in [6.45, 7) is 2.64. The molecule has 0 aliphatic carbocycles. The summed E-state index contributed by atoms with van der Waals surface area (Å²) in [6, 6.07) is 14.3. The number of hydrogen-bond donors (Lipinski definition) is 1. The van der Waals surface area contributed by atoms with E-state index in [1.54, 1.807) is 35.0 Å². The number of nitrogens with one attached hydrogen (secondary N) is 1. The second kappa shape index (κ2) is 8.46. The zero-order chi connectivity index (χ0) is 19.4. The maximum absolute atomic E-state index is 12.4. The zero-order valence-electron chi connectivity index (χ0n) is 15.0. The molecule has 140 valence electrons. The Labute approximate surface area is 167 Å². The molecule has 1 N–H and O–H groups in total. The van der Waals surface area contributed by atoms with Crippen molar-refractivity contribution in [2.45, 2.75) is 20.1 Å². The van der Waals surface area contributed by atoms with Crippen LogP contribution in [0.5, 0.6) is 5.75 Å². The van der Waals surface area contributed by atoms with Gasteiger partial charge in [0.05, 0.1) is 17.3 Å². The fourth-order valence-corrected chi connectivity index (χ4v) is 3.01. The van der Waals surface area contributed by atoms with Crippen molar-refractivity contribution in [2.75, 3.05) is 0 Å². The summed E-state index contributed by atoms with van der Waals surface area (Å²) in [6.07, 6.45) is 0. The average molecular weight is 404 g/mol. The van der Waals surface area contributed by atoms with E-state index in [2.05, 4.69) is 10.4 Å². The van der Waals surface area contributed by atoms with Crippen LogP contribution >= 0.6 is 23.2 Å². The maximum atomic E-state index is 12.4. The fraction of sp³-hybridized carbons (Fsp3) is 0.200. The van der Waals surface area contributed by atoms with Crippen LogP contribution in [-0.2, 0) is 20.2 Å². The van der Waals surface area contributed by atoms with Gasteiger partial charge in [-0.1, -0.05) is 35.3 Å². The maximum Gasteiger partial charge on any atom is 0.251 e. The number of rotatable bonds is 6. The van der Waals surface area contributed by atoms with Gasteiger partial charge in [0.1, 0.15) is 12.4 Å². The summed E-state index contributed by atoms with van der Waals surface area (Å²) in [4.78, 5) is 12.4. The van der Waals surface area contributed by atoms with E-state index in [-0.39, 0.29) is 5.91 Å². The Balaban J connectivity index is 1.61. The summed E-state index contributed by atoms with van der Waals surface area (Å²) >= 11 is 12.0. The molecule has 0 aliphatic rings. The normalized spacial score (nSPS) is 10.7. The average Bonchev–Trinajstić information content (AvgIpc) is 2.97. The van der Waals surface area contributed by atoms with E-state index in [4.69, 9.17) is 27.9 Å². The van der Waals surface area contributed by atoms with Crippen molar-refractivity contribution in [1.29, 1.82) is 0 Å². The lowest BCUT2D eigenvalue weighted by Gasteiger charge is -2.10. The second-order valence-corrected chi connectivity index (χ2v) is 6.99. The van der Waals surface area contributed by atoms with Gasteiger partial charge in [0.25, 0.3) is 5.91 Å². The van der Waals surface area contributed by atoms with Crippen molar-refractivity contribution in [3.63, 3.8) is 0 Å². The molecule has 0 radical (unpaired) electrons. The Morgan fingerprint density at radius 2 is 2.00 bits per heavy atom. The first-order valence-corrected chi connectivity index (χ1v) is 9.12. The Bertz CT molecular complexity index is 950. The van der Waals surface area contributed by atoms with Crippen molar-refractivity contribution in [2.24, 2.45) is 7.05 Å². The number of hydrogen-bond acceptors (Lipinski definition) is 3. The van der Waals surface area contributed by atoms with E-state index in [0.717, 1.165) is 17.0 Å². The van der Waals surface area contributed by atoms with Crippen LogP contribution in [0.2, 0.25) is 10.0 Å². The van der Waals surface area contributed by atoms with Gasteiger partial charge in [-0.15, -0.1) is 0 Å². The topological polar surface area (TPSA) is 56.1 Å². The van der Waals surface area contributed by atoms with E-state index in [1.165, 1.54) is 0 Å². The van der Waals surface area contributed by atoms with Gasteiger partial charge in [-0.3, -0.25) is 9.48 Å². The van der Waals surface area contributed by atoms with Gasteiger partial charge in [-0.05, 0) is 48.9 Å². The monoisotopic (exact) mass is 403 g/mol. The van der Waals surface area contributed by atoms with Crippen LogP contribution < -0.4 is 10.1 Å². The highest BCUT2D eigenvalue weighted by Crippen LogP contribution is 2.28. The Morgan fingerprint density at radius 3 is 2.70 bits per heavy atom. The number of benzene rings is 2. The summed E-state index contributed by atoms with van der Waals surface area (Å²) < 4.78 is 7.50. The molecule has 0 saturated heterocycles. The van der Waals surface area contributed by atoms with Crippen molar-refractivity contribution in [3.05, 3.63) is 81.1 Å². The molecule has 0 bridgehead atoms. The molecule has 0 saturated carbocycles. The molecule has 5 nitrogen and oxygen atoms in total. The number of amides is 1. The molecule has 1 aromatic heterocycles. The highest BCUT2D eigenvalue weighted by molar-refractivity contribution is 6.35. The van der Waals surface area contributed by atoms with Crippen LogP contribution in [0, 0.1) is 6.92 Å². The molecule has 1 heterocycles. The van der Waals surface area contributed by atoms with E-state index in [9.17, 15) is 4.79 Å². The number of halogens is 2. The Hall–Kier alpha value is -2.50. The third-order valence-corrected chi connectivity index (χ3v) is 4.60. The number of carbonyl (C=O) groups excluding carboxylic acids is 1. The molecule has 2 aromatic carbocycles. The van der Waals surface area contributed by atoms with Crippen LogP contribution in [0.4, 0.5) is 0 Å². The summed E-state index contributed by atoms with van der Waals surface area (Å²) in [5, 5.41) is 8.21. The van der Waals surface area contributed by atoms with Gasteiger partial charge in [0.15, 0.2) is 0 Å². The minimum Gasteiger partial charge on any atom is -0.487 e. The lowest BCUT2D eigenvalue weighted by atomic mass is 10.1. The highest BCUT2D eigenvalue weighted by atomic mass is 35.5. The molecule has 0 aliphatic heterocycles. The van der Waals surface area contributed by atoms with Gasteiger partial charge in [-0.25, -0.2) is 0 Å². The molecule has 3 aromatic rings. The van der Waals surface area contributed by atoms with E-state index < -0.39 is 0 Å². The molecule has 7 heteroatoms. The van der Waals surface area contributed by atoms with Gasteiger partial charge < -0.3 is 10.1 Å². The predicted octanol–water partition coefficient (Wildman–Crippen LogP) is 4.54. The van der Waals surface area contributed by atoms with Crippen LogP contribution in [0.15, 0.2) is 48.5 Å². The SMILES string of the molecule is Cc1cc(CNC(=O)c2cccc(COc3ccc(Cl)cc3Cl)c2)nn1C. The number of ether oxygens (including phenoxy) is 1. The summed E-state index contributed by atoms with van der Waals surface area (Å²) in [5.41, 5.74) is 3.28.